The minimum Gasteiger partial charge on any atom is -0.465 e. The number of hydrogen-bond donors (Lipinski definition) is 1. The molecule has 1 aromatic carbocycles. The Morgan fingerprint density at radius 3 is 2.92 bits per heavy atom. The molecule has 126 valence electrons. The largest absolute Gasteiger partial charge is 0.465 e. The maximum absolute atomic E-state index is 14.3. The lowest BCUT2D eigenvalue weighted by Gasteiger charge is -2.27. The Bertz CT molecular complexity index is 834. The van der Waals surface area contributed by atoms with Crippen molar-refractivity contribution in [3.8, 4) is 6.07 Å². The smallest absolute Gasteiger partial charge is 0.318 e. The van der Waals surface area contributed by atoms with Gasteiger partial charge >= 0.3 is 5.97 Å². The maximum Gasteiger partial charge on any atom is 0.318 e. The summed E-state index contributed by atoms with van der Waals surface area (Å²) in [7, 11) is 0. The van der Waals surface area contributed by atoms with Crippen molar-refractivity contribution in [2.45, 2.75) is 51.4 Å². The number of unbranched alkanes of at least 4 members (excludes halogenated alkanes) is 1. The van der Waals surface area contributed by atoms with Gasteiger partial charge in [-0.25, -0.2) is 4.39 Å². The van der Waals surface area contributed by atoms with E-state index in [2.05, 4.69) is 18.0 Å². The molecular formula is C19H21FN2O2. The van der Waals surface area contributed by atoms with Crippen LogP contribution in [0.1, 0.15) is 56.4 Å². The lowest BCUT2D eigenvalue weighted by Crippen LogP contribution is -2.36. The molecule has 0 fully saturated rings. The summed E-state index contributed by atoms with van der Waals surface area (Å²) >= 11 is 0. The molecule has 1 aromatic heterocycles. The van der Waals surface area contributed by atoms with Gasteiger partial charge in [-0.2, -0.15) is 5.26 Å². The fraction of sp³-hybridized carbons (Fsp3) is 0.474. The summed E-state index contributed by atoms with van der Waals surface area (Å²) in [6, 6.07) is 4.93. The molecule has 0 radical (unpaired) electrons. The van der Waals surface area contributed by atoms with E-state index in [-0.39, 0.29) is 5.97 Å². The second kappa shape index (κ2) is 6.27. The number of aromatic nitrogens is 1. The fourth-order valence-corrected chi connectivity index (χ4v) is 3.86. The van der Waals surface area contributed by atoms with Crippen LogP contribution in [0.3, 0.4) is 0 Å². The SMILES string of the molecule is CCCCC1(C(=O)OCC)CCc2c1[nH]c1c(F)ccc(C#N)c21. The second-order valence-corrected chi connectivity index (χ2v) is 6.34. The lowest BCUT2D eigenvalue weighted by molar-refractivity contribution is -0.150. The van der Waals surface area contributed by atoms with E-state index < -0.39 is 11.2 Å². The first-order chi connectivity index (χ1) is 11.6. The Hall–Kier alpha value is -2.35. The highest BCUT2D eigenvalue weighted by molar-refractivity contribution is 5.95. The first-order valence-corrected chi connectivity index (χ1v) is 8.50. The zero-order valence-electron chi connectivity index (χ0n) is 14.0. The van der Waals surface area contributed by atoms with E-state index in [0.29, 0.717) is 42.3 Å². The summed E-state index contributed by atoms with van der Waals surface area (Å²) in [5.41, 5.74) is 1.65. The number of nitrogens with zero attached hydrogens (tertiary/aromatic N) is 1. The number of ether oxygens (including phenoxy) is 1. The molecule has 1 heterocycles. The van der Waals surface area contributed by atoms with Crippen LogP contribution in [0.15, 0.2) is 12.1 Å². The number of rotatable bonds is 5. The number of aromatic amines is 1. The van der Waals surface area contributed by atoms with Crippen molar-refractivity contribution >= 4 is 16.9 Å². The van der Waals surface area contributed by atoms with Crippen LogP contribution in [0, 0.1) is 17.1 Å². The number of benzene rings is 1. The fourth-order valence-electron chi connectivity index (χ4n) is 3.86. The van der Waals surface area contributed by atoms with Crippen LogP contribution in [0.4, 0.5) is 4.39 Å². The van der Waals surface area contributed by atoms with Crippen LogP contribution < -0.4 is 0 Å². The molecule has 0 saturated heterocycles. The molecule has 24 heavy (non-hydrogen) atoms. The first-order valence-electron chi connectivity index (χ1n) is 8.50. The van der Waals surface area contributed by atoms with Crippen molar-refractivity contribution < 1.29 is 13.9 Å². The lowest BCUT2D eigenvalue weighted by atomic mass is 9.80. The van der Waals surface area contributed by atoms with Gasteiger partial charge in [0, 0.05) is 11.1 Å². The normalized spacial score (nSPS) is 19.2. The molecular weight excluding hydrogens is 307 g/mol. The van der Waals surface area contributed by atoms with Crippen LogP contribution in [-0.2, 0) is 21.4 Å². The number of halogens is 1. The summed E-state index contributed by atoms with van der Waals surface area (Å²) in [6.07, 6.45) is 3.82. The number of nitrogens with one attached hydrogen (secondary N) is 1. The molecule has 1 N–H and O–H groups in total. The van der Waals surface area contributed by atoms with Gasteiger partial charge in [0.25, 0.3) is 0 Å². The van der Waals surface area contributed by atoms with Crippen molar-refractivity contribution in [2.24, 2.45) is 0 Å². The number of aryl methyl sites for hydroxylation is 1. The molecule has 1 unspecified atom stereocenters. The number of hydrogen-bond acceptors (Lipinski definition) is 3. The van der Waals surface area contributed by atoms with Crippen molar-refractivity contribution in [1.29, 1.82) is 5.26 Å². The summed E-state index contributed by atoms with van der Waals surface area (Å²) in [5, 5.41) is 9.98. The Kier molecular flexibility index (Phi) is 4.31. The third-order valence-electron chi connectivity index (χ3n) is 5.03. The van der Waals surface area contributed by atoms with Crippen LogP contribution in [-0.4, -0.2) is 17.6 Å². The zero-order valence-corrected chi connectivity index (χ0v) is 14.0. The third kappa shape index (κ3) is 2.29. The van der Waals surface area contributed by atoms with Crippen LogP contribution in [0.2, 0.25) is 0 Å². The van der Waals surface area contributed by atoms with Gasteiger partial charge in [-0.3, -0.25) is 4.79 Å². The van der Waals surface area contributed by atoms with E-state index in [1.54, 1.807) is 6.92 Å². The molecule has 2 aromatic rings. The zero-order chi connectivity index (χ0) is 17.3. The monoisotopic (exact) mass is 328 g/mol. The standard InChI is InChI=1S/C19H21FN2O2/c1-3-5-9-19(18(23)24-4-2)10-8-13-15-12(11-21)6-7-14(20)16(15)22-17(13)19/h6-7,22H,3-5,8-10H2,1-2H3. The van der Waals surface area contributed by atoms with Gasteiger partial charge in [-0.1, -0.05) is 19.8 Å². The van der Waals surface area contributed by atoms with Gasteiger partial charge in [0.15, 0.2) is 0 Å². The van der Waals surface area contributed by atoms with Gasteiger partial charge < -0.3 is 9.72 Å². The highest BCUT2D eigenvalue weighted by Gasteiger charge is 2.48. The van der Waals surface area contributed by atoms with Crippen molar-refractivity contribution in [3.63, 3.8) is 0 Å². The molecule has 1 aliphatic carbocycles. The number of esters is 1. The molecule has 5 heteroatoms. The Balaban J connectivity index is 2.22. The van der Waals surface area contributed by atoms with Gasteiger partial charge in [-0.05, 0) is 43.9 Å². The van der Waals surface area contributed by atoms with Crippen LogP contribution >= 0.6 is 0 Å². The molecule has 0 aliphatic heterocycles. The van der Waals surface area contributed by atoms with E-state index >= 15 is 0 Å². The third-order valence-corrected chi connectivity index (χ3v) is 5.03. The molecule has 0 amide bonds. The summed E-state index contributed by atoms with van der Waals surface area (Å²) < 4.78 is 19.6. The molecule has 0 spiro atoms. The molecule has 0 bridgehead atoms. The highest BCUT2D eigenvalue weighted by atomic mass is 19.1. The minimum atomic E-state index is -0.750. The first kappa shape index (κ1) is 16.5. The molecule has 4 nitrogen and oxygen atoms in total. The maximum atomic E-state index is 14.3. The predicted octanol–water partition coefficient (Wildman–Crippen LogP) is 4.12. The molecule has 0 saturated carbocycles. The summed E-state index contributed by atoms with van der Waals surface area (Å²) in [5.74, 6) is -0.644. The average molecular weight is 328 g/mol. The van der Waals surface area contributed by atoms with Crippen molar-refractivity contribution in [1.82, 2.24) is 4.98 Å². The Morgan fingerprint density at radius 2 is 2.25 bits per heavy atom. The molecule has 3 rings (SSSR count). The van der Waals surface area contributed by atoms with Crippen molar-refractivity contribution in [3.05, 3.63) is 34.8 Å². The number of H-pyrrole nitrogens is 1. The van der Waals surface area contributed by atoms with E-state index in [4.69, 9.17) is 4.74 Å². The number of carbonyl (C=O) groups is 1. The van der Waals surface area contributed by atoms with Gasteiger partial charge in [-0.15, -0.1) is 0 Å². The number of nitriles is 1. The van der Waals surface area contributed by atoms with E-state index in [0.717, 1.165) is 24.1 Å². The topological polar surface area (TPSA) is 65.9 Å². The van der Waals surface area contributed by atoms with E-state index in [9.17, 15) is 14.4 Å². The number of carbonyl (C=O) groups excluding carboxylic acids is 1. The number of fused-ring (bicyclic) bond motifs is 3. The summed E-state index contributed by atoms with van der Waals surface area (Å²) in [4.78, 5) is 15.9. The summed E-state index contributed by atoms with van der Waals surface area (Å²) in [6.45, 7) is 4.19. The highest BCUT2D eigenvalue weighted by Crippen LogP contribution is 2.47. The van der Waals surface area contributed by atoms with Gasteiger partial charge in [0.2, 0.25) is 0 Å². The van der Waals surface area contributed by atoms with E-state index in [1.165, 1.54) is 12.1 Å². The van der Waals surface area contributed by atoms with Crippen LogP contribution in [0.5, 0.6) is 0 Å². The predicted molar refractivity (Wildman–Crippen MR) is 89.1 cm³/mol. The molecule has 1 atom stereocenters. The van der Waals surface area contributed by atoms with E-state index in [1.807, 2.05) is 0 Å². The second-order valence-electron chi connectivity index (χ2n) is 6.34. The Labute approximate surface area is 140 Å². The average Bonchev–Trinajstić information content (AvgIpc) is 3.13. The quantitative estimate of drug-likeness (QED) is 0.840. The van der Waals surface area contributed by atoms with Crippen LogP contribution in [0.25, 0.3) is 10.9 Å². The minimum absolute atomic E-state index is 0.248. The van der Waals surface area contributed by atoms with Gasteiger partial charge in [0.05, 0.1) is 23.8 Å². The van der Waals surface area contributed by atoms with Crippen molar-refractivity contribution in [2.75, 3.05) is 6.61 Å². The van der Waals surface area contributed by atoms with Gasteiger partial charge in [0.1, 0.15) is 11.2 Å². The Morgan fingerprint density at radius 1 is 1.46 bits per heavy atom. The molecule has 1 aliphatic rings.